The maximum atomic E-state index is 12.6. The van der Waals surface area contributed by atoms with Gasteiger partial charge in [-0.15, -0.1) is 11.3 Å². The number of ether oxygens (including phenoxy) is 2. The van der Waals surface area contributed by atoms with Crippen molar-refractivity contribution in [3.63, 3.8) is 0 Å². The van der Waals surface area contributed by atoms with Crippen LogP contribution in [0.5, 0.6) is 11.5 Å². The molecule has 132 valence electrons. The average Bonchev–Trinajstić information content (AvgIpc) is 3.08. The van der Waals surface area contributed by atoms with Gasteiger partial charge in [0.2, 0.25) is 0 Å². The maximum absolute atomic E-state index is 12.6. The molecule has 1 N–H and O–H groups in total. The van der Waals surface area contributed by atoms with Crippen molar-refractivity contribution in [3.8, 4) is 21.9 Å². The van der Waals surface area contributed by atoms with Crippen LogP contribution in [0.15, 0.2) is 54.6 Å². The van der Waals surface area contributed by atoms with E-state index in [2.05, 4.69) is 10.1 Å². The van der Waals surface area contributed by atoms with E-state index >= 15 is 0 Å². The van der Waals surface area contributed by atoms with E-state index in [1.54, 1.807) is 18.2 Å². The molecular formula is C19H13F2NO3S. The van der Waals surface area contributed by atoms with Crippen LogP contribution >= 0.6 is 11.3 Å². The Bertz CT molecular complexity index is 971. The highest BCUT2D eigenvalue weighted by Crippen LogP contribution is 2.42. The summed E-state index contributed by atoms with van der Waals surface area (Å²) < 4.78 is 35.2. The fraction of sp³-hybridized carbons (Fsp3) is 0.105. The number of amides is 1. The summed E-state index contributed by atoms with van der Waals surface area (Å²) >= 11 is 1.34. The van der Waals surface area contributed by atoms with Crippen LogP contribution in [0.1, 0.15) is 15.2 Å². The van der Waals surface area contributed by atoms with E-state index in [0.29, 0.717) is 11.5 Å². The summed E-state index contributed by atoms with van der Waals surface area (Å²) in [6.45, 7) is -2.57. The standard InChI is InChI=1S/C19H13F2NO3S/c20-19(21)25-15-8-4-2-6-13(15)22-18(23)16-9-11-10-24-14-7-3-1-5-12(14)17(11)26-16/h1-9,19H,10H2,(H,22,23). The van der Waals surface area contributed by atoms with E-state index in [1.165, 1.54) is 23.5 Å². The number of nitrogens with one attached hydrogen (secondary N) is 1. The highest BCUT2D eigenvalue weighted by molar-refractivity contribution is 7.17. The number of hydrogen-bond donors (Lipinski definition) is 1. The molecule has 4 rings (SSSR count). The van der Waals surface area contributed by atoms with Gasteiger partial charge in [0, 0.05) is 16.0 Å². The normalized spacial score (nSPS) is 12.1. The number of carbonyl (C=O) groups is 1. The number of alkyl halides is 2. The summed E-state index contributed by atoms with van der Waals surface area (Å²) in [6, 6.07) is 15.5. The molecule has 1 amide bonds. The first kappa shape index (κ1) is 16.5. The highest BCUT2D eigenvalue weighted by Gasteiger charge is 2.23. The number of anilines is 1. The number of para-hydroxylation sites is 3. The minimum Gasteiger partial charge on any atom is -0.488 e. The van der Waals surface area contributed by atoms with Gasteiger partial charge in [-0.05, 0) is 30.3 Å². The fourth-order valence-electron chi connectivity index (χ4n) is 2.76. The van der Waals surface area contributed by atoms with Gasteiger partial charge in [0.05, 0.1) is 10.6 Å². The Morgan fingerprint density at radius 1 is 1.15 bits per heavy atom. The summed E-state index contributed by atoms with van der Waals surface area (Å²) in [5.74, 6) is 0.322. The lowest BCUT2D eigenvalue weighted by Gasteiger charge is -2.16. The number of hydrogen-bond acceptors (Lipinski definition) is 4. The number of carbonyl (C=O) groups excluding carboxylic acids is 1. The van der Waals surface area contributed by atoms with Gasteiger partial charge in [-0.3, -0.25) is 4.79 Å². The first-order chi connectivity index (χ1) is 12.6. The van der Waals surface area contributed by atoms with Crippen LogP contribution in [0, 0.1) is 0 Å². The van der Waals surface area contributed by atoms with Gasteiger partial charge in [-0.1, -0.05) is 24.3 Å². The Hall–Kier alpha value is -2.93. The highest BCUT2D eigenvalue weighted by atomic mass is 32.1. The second-order valence-electron chi connectivity index (χ2n) is 5.58. The van der Waals surface area contributed by atoms with Crippen LogP contribution in [-0.2, 0) is 6.61 Å². The van der Waals surface area contributed by atoms with E-state index in [4.69, 9.17) is 4.74 Å². The fourth-order valence-corrected chi connectivity index (χ4v) is 3.86. The molecule has 4 nitrogen and oxygen atoms in total. The van der Waals surface area contributed by atoms with Crippen molar-refractivity contribution in [3.05, 3.63) is 65.0 Å². The lowest BCUT2D eigenvalue weighted by molar-refractivity contribution is -0.0493. The zero-order valence-corrected chi connectivity index (χ0v) is 14.2. The second-order valence-corrected chi connectivity index (χ2v) is 6.63. The number of rotatable bonds is 4. The smallest absolute Gasteiger partial charge is 0.387 e. The zero-order valence-electron chi connectivity index (χ0n) is 13.4. The number of benzene rings is 2. The van der Waals surface area contributed by atoms with Gasteiger partial charge < -0.3 is 14.8 Å². The van der Waals surface area contributed by atoms with Crippen LogP contribution < -0.4 is 14.8 Å². The third kappa shape index (κ3) is 3.13. The van der Waals surface area contributed by atoms with Gasteiger partial charge in [0.25, 0.3) is 5.91 Å². The van der Waals surface area contributed by atoms with E-state index in [9.17, 15) is 13.6 Å². The van der Waals surface area contributed by atoms with Crippen LogP contribution in [0.3, 0.4) is 0 Å². The van der Waals surface area contributed by atoms with Gasteiger partial charge >= 0.3 is 6.61 Å². The molecule has 0 saturated heterocycles. The first-order valence-electron chi connectivity index (χ1n) is 7.82. The molecule has 0 bridgehead atoms. The Labute approximate surface area is 152 Å². The third-order valence-electron chi connectivity index (χ3n) is 3.90. The van der Waals surface area contributed by atoms with Crippen LogP contribution in [-0.4, -0.2) is 12.5 Å². The number of fused-ring (bicyclic) bond motifs is 3. The Morgan fingerprint density at radius 2 is 1.92 bits per heavy atom. The van der Waals surface area contributed by atoms with Crippen molar-refractivity contribution in [2.45, 2.75) is 13.2 Å². The van der Waals surface area contributed by atoms with E-state index in [-0.39, 0.29) is 17.3 Å². The topological polar surface area (TPSA) is 47.6 Å². The van der Waals surface area contributed by atoms with Gasteiger partial charge in [0.1, 0.15) is 18.1 Å². The molecule has 2 aromatic carbocycles. The van der Waals surface area contributed by atoms with Crippen molar-refractivity contribution < 1.29 is 23.0 Å². The largest absolute Gasteiger partial charge is 0.488 e. The Morgan fingerprint density at radius 3 is 2.77 bits per heavy atom. The van der Waals surface area contributed by atoms with Crippen molar-refractivity contribution in [2.75, 3.05) is 5.32 Å². The Kier molecular flexibility index (Phi) is 4.30. The molecule has 0 unspecified atom stereocenters. The predicted octanol–water partition coefficient (Wildman–Crippen LogP) is 5.16. The van der Waals surface area contributed by atoms with Gasteiger partial charge in [0.15, 0.2) is 0 Å². The lowest BCUT2D eigenvalue weighted by Crippen LogP contribution is -2.12. The molecule has 0 atom stereocenters. The Balaban J connectivity index is 1.61. The van der Waals surface area contributed by atoms with E-state index in [1.807, 2.05) is 24.3 Å². The molecule has 7 heteroatoms. The summed E-state index contributed by atoms with van der Waals surface area (Å²) in [5.41, 5.74) is 2.07. The predicted molar refractivity (Wildman–Crippen MR) is 95.1 cm³/mol. The second kappa shape index (κ2) is 6.76. The summed E-state index contributed by atoms with van der Waals surface area (Å²) in [7, 11) is 0. The monoisotopic (exact) mass is 373 g/mol. The van der Waals surface area contributed by atoms with Gasteiger partial charge in [-0.25, -0.2) is 0 Å². The van der Waals surface area contributed by atoms with Crippen LogP contribution in [0.2, 0.25) is 0 Å². The van der Waals surface area contributed by atoms with Crippen molar-refractivity contribution in [1.82, 2.24) is 0 Å². The summed E-state index contributed by atoms with van der Waals surface area (Å²) in [4.78, 5) is 14.1. The minimum absolute atomic E-state index is 0.0779. The molecule has 0 fully saturated rings. The van der Waals surface area contributed by atoms with E-state index in [0.717, 1.165) is 21.8 Å². The SMILES string of the molecule is O=C(Nc1ccccc1OC(F)F)c1cc2c(s1)-c1ccccc1OC2. The molecule has 26 heavy (non-hydrogen) atoms. The van der Waals surface area contributed by atoms with Crippen LogP contribution in [0.4, 0.5) is 14.5 Å². The molecule has 3 aromatic rings. The third-order valence-corrected chi connectivity index (χ3v) is 5.11. The van der Waals surface area contributed by atoms with Gasteiger partial charge in [-0.2, -0.15) is 8.78 Å². The van der Waals surface area contributed by atoms with Crippen molar-refractivity contribution >= 4 is 22.9 Å². The molecule has 2 heterocycles. The quantitative estimate of drug-likeness (QED) is 0.687. The van der Waals surface area contributed by atoms with Crippen LogP contribution in [0.25, 0.3) is 10.4 Å². The van der Waals surface area contributed by atoms with E-state index < -0.39 is 6.61 Å². The molecule has 1 aliphatic rings. The first-order valence-corrected chi connectivity index (χ1v) is 8.63. The molecule has 0 spiro atoms. The number of thiophene rings is 1. The average molecular weight is 373 g/mol. The molecule has 0 aliphatic carbocycles. The minimum atomic E-state index is -2.96. The molecule has 0 saturated carbocycles. The molecule has 0 radical (unpaired) electrons. The molecule has 1 aromatic heterocycles. The molecule has 1 aliphatic heterocycles. The number of halogens is 2. The maximum Gasteiger partial charge on any atom is 0.387 e. The lowest BCUT2D eigenvalue weighted by atomic mass is 10.1. The summed E-state index contributed by atoms with van der Waals surface area (Å²) in [6.07, 6.45) is 0. The van der Waals surface area contributed by atoms with Crippen molar-refractivity contribution in [1.29, 1.82) is 0 Å². The zero-order chi connectivity index (χ0) is 18.1. The molecular weight excluding hydrogens is 360 g/mol. The summed E-state index contributed by atoms with van der Waals surface area (Å²) in [5, 5.41) is 2.64. The van der Waals surface area contributed by atoms with Crippen molar-refractivity contribution in [2.24, 2.45) is 0 Å².